The second-order valence-corrected chi connectivity index (χ2v) is 6.06. The van der Waals surface area contributed by atoms with E-state index in [4.69, 9.17) is 0 Å². The largest absolute Gasteiger partial charge is 0.481 e. The monoisotopic (exact) mass is 239 g/mol. The highest BCUT2D eigenvalue weighted by Gasteiger charge is 2.37. The van der Waals surface area contributed by atoms with Crippen LogP contribution in [0.5, 0.6) is 0 Å². The molecule has 2 aliphatic carbocycles. The summed E-state index contributed by atoms with van der Waals surface area (Å²) in [4.78, 5) is 13.7. The van der Waals surface area contributed by atoms with Crippen LogP contribution in [0.25, 0.3) is 0 Å². The molecule has 0 aromatic rings. The molecule has 0 aliphatic heterocycles. The van der Waals surface area contributed by atoms with Gasteiger partial charge >= 0.3 is 5.97 Å². The maximum atomic E-state index is 11.4. The van der Waals surface area contributed by atoms with E-state index >= 15 is 0 Å². The van der Waals surface area contributed by atoms with Gasteiger partial charge in [-0.3, -0.25) is 4.79 Å². The van der Waals surface area contributed by atoms with Crippen molar-refractivity contribution < 1.29 is 9.90 Å². The van der Waals surface area contributed by atoms with Crippen molar-refractivity contribution in [2.75, 3.05) is 13.6 Å². The first-order valence-corrected chi connectivity index (χ1v) is 7.02. The summed E-state index contributed by atoms with van der Waals surface area (Å²) in [7, 11) is 2.12. The first-order chi connectivity index (χ1) is 8.09. The van der Waals surface area contributed by atoms with Crippen LogP contribution in [0.4, 0.5) is 0 Å². The van der Waals surface area contributed by atoms with Crippen molar-refractivity contribution in [1.29, 1.82) is 0 Å². The Balaban J connectivity index is 1.95. The van der Waals surface area contributed by atoms with Gasteiger partial charge in [0.15, 0.2) is 0 Å². The van der Waals surface area contributed by atoms with Gasteiger partial charge in [-0.05, 0) is 38.1 Å². The molecule has 0 amide bonds. The Labute approximate surface area is 104 Å². The topological polar surface area (TPSA) is 40.5 Å². The predicted molar refractivity (Wildman–Crippen MR) is 67.9 cm³/mol. The highest BCUT2D eigenvalue weighted by molar-refractivity contribution is 5.70. The Kier molecular flexibility index (Phi) is 4.08. The summed E-state index contributed by atoms with van der Waals surface area (Å²) in [6, 6.07) is 0.266. The number of carbonyl (C=O) groups is 1. The third kappa shape index (κ3) is 3.21. The van der Waals surface area contributed by atoms with E-state index < -0.39 is 5.97 Å². The first kappa shape index (κ1) is 12.9. The molecular weight excluding hydrogens is 214 g/mol. The van der Waals surface area contributed by atoms with Crippen LogP contribution in [-0.4, -0.2) is 35.6 Å². The Morgan fingerprint density at radius 3 is 2.53 bits per heavy atom. The van der Waals surface area contributed by atoms with Crippen molar-refractivity contribution in [2.24, 2.45) is 17.8 Å². The van der Waals surface area contributed by atoms with Gasteiger partial charge in [-0.15, -0.1) is 0 Å². The minimum absolute atomic E-state index is 0.142. The van der Waals surface area contributed by atoms with Gasteiger partial charge in [0.05, 0.1) is 5.92 Å². The summed E-state index contributed by atoms with van der Waals surface area (Å²) in [5.41, 5.74) is 0. The van der Waals surface area contributed by atoms with Crippen molar-refractivity contribution in [2.45, 2.75) is 51.5 Å². The van der Waals surface area contributed by atoms with Crippen molar-refractivity contribution in [3.05, 3.63) is 0 Å². The number of carboxylic acids is 1. The van der Waals surface area contributed by atoms with E-state index in [-0.39, 0.29) is 12.0 Å². The summed E-state index contributed by atoms with van der Waals surface area (Å²) in [6.07, 6.45) is 6.74. The van der Waals surface area contributed by atoms with Crippen LogP contribution in [-0.2, 0) is 4.79 Å². The van der Waals surface area contributed by atoms with Crippen LogP contribution in [0.3, 0.4) is 0 Å². The first-order valence-electron chi connectivity index (χ1n) is 7.02. The number of nitrogens with zero attached hydrogens (tertiary/aromatic N) is 1. The summed E-state index contributed by atoms with van der Waals surface area (Å²) in [5, 5.41) is 9.36. The normalized spacial score (nSPS) is 37.8. The predicted octanol–water partition coefficient (Wildman–Crippen LogP) is 2.61. The van der Waals surface area contributed by atoms with Crippen LogP contribution in [0.1, 0.15) is 45.4 Å². The summed E-state index contributed by atoms with van der Waals surface area (Å²) >= 11 is 0. The van der Waals surface area contributed by atoms with E-state index in [1.165, 1.54) is 19.3 Å². The molecule has 4 unspecified atom stereocenters. The van der Waals surface area contributed by atoms with Crippen LogP contribution >= 0.6 is 0 Å². The second kappa shape index (κ2) is 5.38. The second-order valence-electron chi connectivity index (χ2n) is 6.06. The Bertz CT molecular complexity index is 279. The molecule has 17 heavy (non-hydrogen) atoms. The van der Waals surface area contributed by atoms with E-state index in [1.54, 1.807) is 0 Å². The highest BCUT2D eigenvalue weighted by Crippen LogP contribution is 2.39. The van der Waals surface area contributed by atoms with Gasteiger partial charge in [0.2, 0.25) is 0 Å². The lowest BCUT2D eigenvalue weighted by Crippen LogP contribution is -2.42. The summed E-state index contributed by atoms with van der Waals surface area (Å²) in [6.45, 7) is 3.38. The molecule has 0 saturated heterocycles. The SMILES string of the molecule is CC1CC1CN(C)C1CCCCCC1C(=O)O. The van der Waals surface area contributed by atoms with Crippen LogP contribution in [0, 0.1) is 17.8 Å². The number of hydrogen-bond donors (Lipinski definition) is 1. The third-order valence-electron chi connectivity index (χ3n) is 4.66. The molecule has 0 spiro atoms. The summed E-state index contributed by atoms with van der Waals surface area (Å²) < 4.78 is 0. The molecule has 2 fully saturated rings. The highest BCUT2D eigenvalue weighted by atomic mass is 16.4. The fourth-order valence-electron chi connectivity index (χ4n) is 3.26. The molecule has 0 aromatic heterocycles. The molecule has 3 nitrogen and oxygen atoms in total. The van der Waals surface area contributed by atoms with Gasteiger partial charge in [0.1, 0.15) is 0 Å². The minimum Gasteiger partial charge on any atom is -0.481 e. The quantitative estimate of drug-likeness (QED) is 0.767. The van der Waals surface area contributed by atoms with Crippen molar-refractivity contribution >= 4 is 5.97 Å². The minimum atomic E-state index is -0.590. The average molecular weight is 239 g/mol. The lowest BCUT2D eigenvalue weighted by molar-refractivity contribution is -0.144. The molecule has 1 N–H and O–H groups in total. The number of hydrogen-bond acceptors (Lipinski definition) is 2. The van der Waals surface area contributed by atoms with Crippen LogP contribution < -0.4 is 0 Å². The lowest BCUT2D eigenvalue weighted by atomic mass is 9.93. The van der Waals surface area contributed by atoms with Crippen molar-refractivity contribution in [3.8, 4) is 0 Å². The molecule has 0 heterocycles. The summed E-state index contributed by atoms with van der Waals surface area (Å²) in [5.74, 6) is 0.938. The number of rotatable bonds is 4. The standard InChI is InChI=1S/C14H25NO2/c1-10-8-11(10)9-15(2)13-7-5-3-4-6-12(13)14(16)17/h10-13H,3-9H2,1-2H3,(H,16,17). The average Bonchev–Trinajstić information content (AvgIpc) is 2.99. The molecule has 2 saturated carbocycles. The van der Waals surface area contributed by atoms with Gasteiger partial charge in [-0.1, -0.05) is 26.2 Å². The van der Waals surface area contributed by atoms with Gasteiger partial charge in [-0.2, -0.15) is 0 Å². The molecule has 0 bridgehead atoms. The third-order valence-corrected chi connectivity index (χ3v) is 4.66. The van der Waals surface area contributed by atoms with Gasteiger partial charge in [0.25, 0.3) is 0 Å². The zero-order valence-corrected chi connectivity index (χ0v) is 11.1. The van der Waals surface area contributed by atoms with E-state index in [9.17, 15) is 9.90 Å². The number of carboxylic acid groups (broad SMARTS) is 1. The van der Waals surface area contributed by atoms with Crippen LogP contribution in [0.15, 0.2) is 0 Å². The Morgan fingerprint density at radius 1 is 1.29 bits per heavy atom. The zero-order valence-electron chi connectivity index (χ0n) is 11.1. The molecule has 2 rings (SSSR count). The smallest absolute Gasteiger partial charge is 0.308 e. The molecular formula is C14H25NO2. The van der Waals surface area contributed by atoms with E-state index in [2.05, 4.69) is 18.9 Å². The van der Waals surface area contributed by atoms with Gasteiger partial charge in [0, 0.05) is 12.6 Å². The number of aliphatic carboxylic acids is 1. The van der Waals surface area contributed by atoms with E-state index in [1.807, 2.05) is 0 Å². The fraction of sp³-hybridized carbons (Fsp3) is 0.929. The van der Waals surface area contributed by atoms with Crippen molar-refractivity contribution in [1.82, 2.24) is 4.90 Å². The Morgan fingerprint density at radius 2 is 1.94 bits per heavy atom. The van der Waals surface area contributed by atoms with Crippen molar-refractivity contribution in [3.63, 3.8) is 0 Å². The molecule has 4 atom stereocenters. The molecule has 0 aromatic carbocycles. The molecule has 0 radical (unpaired) electrons. The zero-order chi connectivity index (χ0) is 12.4. The fourth-order valence-corrected chi connectivity index (χ4v) is 3.26. The maximum absolute atomic E-state index is 11.4. The van der Waals surface area contributed by atoms with E-state index in [0.29, 0.717) is 0 Å². The molecule has 98 valence electrons. The molecule has 2 aliphatic rings. The van der Waals surface area contributed by atoms with E-state index in [0.717, 1.165) is 37.6 Å². The maximum Gasteiger partial charge on any atom is 0.308 e. The van der Waals surface area contributed by atoms with Crippen LogP contribution in [0.2, 0.25) is 0 Å². The van der Waals surface area contributed by atoms with Gasteiger partial charge in [-0.25, -0.2) is 0 Å². The molecule has 3 heteroatoms. The Hall–Kier alpha value is -0.570. The van der Waals surface area contributed by atoms with Gasteiger partial charge < -0.3 is 10.0 Å². The lowest BCUT2D eigenvalue weighted by Gasteiger charge is -2.31.